The minimum Gasteiger partial charge on any atom is -0.321 e. The van der Waals surface area contributed by atoms with Crippen LogP contribution in [0.5, 0.6) is 0 Å². The summed E-state index contributed by atoms with van der Waals surface area (Å²) in [6, 6.07) is 12.6. The zero-order valence-corrected chi connectivity index (χ0v) is 15.9. The van der Waals surface area contributed by atoms with Crippen LogP contribution in [-0.4, -0.2) is 19.9 Å². The zero-order chi connectivity index (χ0) is 18.9. The second-order valence-corrected chi connectivity index (χ2v) is 8.24. The van der Waals surface area contributed by atoms with Gasteiger partial charge >= 0.3 is 0 Å². The van der Waals surface area contributed by atoms with Gasteiger partial charge in [-0.1, -0.05) is 30.3 Å². The van der Waals surface area contributed by atoms with Gasteiger partial charge in [0.1, 0.15) is 0 Å². The number of fused-ring (bicyclic) bond motifs is 1. The first-order chi connectivity index (χ1) is 12.3. The molecule has 0 radical (unpaired) electrons. The monoisotopic (exact) mass is 370 g/mol. The zero-order valence-electron chi connectivity index (χ0n) is 15.1. The first-order valence-corrected chi connectivity index (χ1v) is 9.95. The van der Waals surface area contributed by atoms with Gasteiger partial charge in [0.25, 0.3) is 5.56 Å². The van der Waals surface area contributed by atoms with Crippen LogP contribution in [0, 0.1) is 20.8 Å². The lowest BCUT2D eigenvalue weighted by Crippen LogP contribution is -2.28. The van der Waals surface area contributed by atoms with E-state index in [1.807, 2.05) is 32.0 Å². The number of sulfonamides is 1. The van der Waals surface area contributed by atoms with Crippen molar-refractivity contribution in [1.82, 2.24) is 9.71 Å². The van der Waals surface area contributed by atoms with Crippen molar-refractivity contribution in [2.45, 2.75) is 32.1 Å². The van der Waals surface area contributed by atoms with Gasteiger partial charge in [-0.05, 0) is 61.4 Å². The fourth-order valence-corrected chi connectivity index (χ4v) is 4.29. The average molecular weight is 370 g/mol. The van der Waals surface area contributed by atoms with Crippen LogP contribution in [0.3, 0.4) is 0 Å². The lowest BCUT2D eigenvalue weighted by Gasteiger charge is -2.10. The van der Waals surface area contributed by atoms with E-state index in [9.17, 15) is 13.2 Å². The van der Waals surface area contributed by atoms with Crippen LogP contribution in [0.15, 0.2) is 52.2 Å². The third kappa shape index (κ3) is 3.57. The molecule has 1 heterocycles. The molecule has 0 bridgehead atoms. The lowest BCUT2D eigenvalue weighted by atomic mass is 10.0. The van der Waals surface area contributed by atoms with Gasteiger partial charge in [0.15, 0.2) is 0 Å². The number of pyridine rings is 1. The molecular formula is C20H22N2O3S. The highest BCUT2D eigenvalue weighted by atomic mass is 32.2. The fourth-order valence-electron chi connectivity index (χ4n) is 3.01. The van der Waals surface area contributed by atoms with E-state index in [1.54, 1.807) is 31.2 Å². The summed E-state index contributed by atoms with van der Waals surface area (Å²) in [5.41, 5.74) is 4.07. The molecule has 5 nitrogen and oxygen atoms in total. The number of benzene rings is 2. The molecule has 0 fully saturated rings. The molecule has 2 N–H and O–H groups in total. The van der Waals surface area contributed by atoms with Crippen LogP contribution >= 0.6 is 0 Å². The highest BCUT2D eigenvalue weighted by Gasteiger charge is 2.16. The Kier molecular flexibility index (Phi) is 4.98. The minimum absolute atomic E-state index is 0.163. The number of aromatic amines is 1. The van der Waals surface area contributed by atoms with Crippen molar-refractivity contribution in [2.75, 3.05) is 6.54 Å². The van der Waals surface area contributed by atoms with Crippen LogP contribution in [0.25, 0.3) is 10.9 Å². The molecule has 1 aromatic heterocycles. The van der Waals surface area contributed by atoms with Crippen LogP contribution < -0.4 is 10.3 Å². The van der Waals surface area contributed by atoms with Crippen molar-refractivity contribution in [3.05, 3.63) is 75.1 Å². The van der Waals surface area contributed by atoms with Gasteiger partial charge in [0.2, 0.25) is 10.0 Å². The molecule has 0 unspecified atom stereocenters. The highest BCUT2D eigenvalue weighted by Crippen LogP contribution is 2.19. The maximum atomic E-state index is 12.4. The molecule has 0 saturated heterocycles. The molecule has 0 aliphatic rings. The van der Waals surface area contributed by atoms with Gasteiger partial charge in [-0.3, -0.25) is 4.79 Å². The van der Waals surface area contributed by atoms with E-state index in [4.69, 9.17) is 0 Å². The van der Waals surface area contributed by atoms with E-state index in [2.05, 4.69) is 9.71 Å². The topological polar surface area (TPSA) is 79.0 Å². The predicted octanol–water partition coefficient (Wildman–Crippen LogP) is 2.97. The summed E-state index contributed by atoms with van der Waals surface area (Å²) in [4.78, 5) is 15.5. The molecule has 136 valence electrons. The normalized spacial score (nSPS) is 11.8. The molecule has 0 saturated carbocycles. The van der Waals surface area contributed by atoms with Crippen LogP contribution in [0.2, 0.25) is 0 Å². The Balaban J connectivity index is 1.80. The standard InChI is InChI=1S/C20H22N2O3S/c1-13-8-9-16-12-17(20(23)22-19(16)15(13)3)10-11-21-26(24,25)18-7-5-4-6-14(18)2/h4-9,12,21H,10-11H2,1-3H3,(H,22,23). The molecular weight excluding hydrogens is 348 g/mol. The van der Waals surface area contributed by atoms with Gasteiger partial charge in [0, 0.05) is 12.1 Å². The van der Waals surface area contributed by atoms with E-state index < -0.39 is 10.0 Å². The number of H-pyrrole nitrogens is 1. The summed E-state index contributed by atoms with van der Waals surface area (Å²) in [5.74, 6) is 0. The van der Waals surface area contributed by atoms with E-state index in [-0.39, 0.29) is 17.0 Å². The van der Waals surface area contributed by atoms with E-state index in [0.29, 0.717) is 17.5 Å². The number of hydrogen-bond acceptors (Lipinski definition) is 3. The van der Waals surface area contributed by atoms with Crippen molar-refractivity contribution in [3.63, 3.8) is 0 Å². The van der Waals surface area contributed by atoms with Gasteiger partial charge < -0.3 is 4.98 Å². The Morgan fingerprint density at radius 1 is 1.00 bits per heavy atom. The first-order valence-electron chi connectivity index (χ1n) is 8.47. The molecule has 3 aromatic rings. The van der Waals surface area contributed by atoms with Crippen LogP contribution in [0.4, 0.5) is 0 Å². The Labute approximate surface area is 153 Å². The summed E-state index contributed by atoms with van der Waals surface area (Å²) >= 11 is 0. The molecule has 26 heavy (non-hydrogen) atoms. The maximum absolute atomic E-state index is 12.4. The van der Waals surface area contributed by atoms with E-state index in [1.165, 1.54) is 0 Å². The number of aryl methyl sites for hydroxylation is 3. The maximum Gasteiger partial charge on any atom is 0.251 e. The minimum atomic E-state index is -3.59. The Morgan fingerprint density at radius 2 is 1.73 bits per heavy atom. The average Bonchev–Trinajstić information content (AvgIpc) is 2.59. The van der Waals surface area contributed by atoms with E-state index in [0.717, 1.165) is 22.0 Å². The van der Waals surface area contributed by atoms with Crippen molar-refractivity contribution in [3.8, 4) is 0 Å². The molecule has 2 aromatic carbocycles. The van der Waals surface area contributed by atoms with Crippen molar-refractivity contribution < 1.29 is 8.42 Å². The summed E-state index contributed by atoms with van der Waals surface area (Å²) in [7, 11) is -3.59. The Hall–Kier alpha value is -2.44. The second-order valence-electron chi connectivity index (χ2n) is 6.51. The third-order valence-corrected chi connectivity index (χ3v) is 6.32. The summed E-state index contributed by atoms with van der Waals surface area (Å²) in [6.07, 6.45) is 0.323. The molecule has 6 heteroatoms. The SMILES string of the molecule is Cc1ccccc1S(=O)(=O)NCCc1cc2ccc(C)c(C)c2[nH]c1=O. The lowest BCUT2D eigenvalue weighted by molar-refractivity contribution is 0.581. The predicted molar refractivity (Wildman–Crippen MR) is 104 cm³/mol. The summed E-state index contributed by atoms with van der Waals surface area (Å²) in [5, 5.41) is 0.949. The van der Waals surface area contributed by atoms with Gasteiger partial charge in [-0.2, -0.15) is 0 Å². The number of nitrogens with one attached hydrogen (secondary N) is 2. The van der Waals surface area contributed by atoms with Crippen molar-refractivity contribution >= 4 is 20.9 Å². The molecule has 0 spiro atoms. The smallest absolute Gasteiger partial charge is 0.251 e. The number of rotatable bonds is 5. The summed E-state index contributed by atoms with van der Waals surface area (Å²) < 4.78 is 27.4. The molecule has 0 amide bonds. The second kappa shape index (κ2) is 7.05. The van der Waals surface area contributed by atoms with Gasteiger partial charge in [0.05, 0.1) is 10.4 Å². The largest absolute Gasteiger partial charge is 0.321 e. The molecule has 0 atom stereocenters. The van der Waals surface area contributed by atoms with Gasteiger partial charge in [-0.15, -0.1) is 0 Å². The number of hydrogen-bond donors (Lipinski definition) is 2. The Morgan fingerprint density at radius 3 is 2.46 bits per heavy atom. The van der Waals surface area contributed by atoms with E-state index >= 15 is 0 Å². The molecule has 0 aliphatic carbocycles. The third-order valence-electron chi connectivity index (χ3n) is 4.70. The van der Waals surface area contributed by atoms with Crippen molar-refractivity contribution in [1.29, 1.82) is 0 Å². The van der Waals surface area contributed by atoms with Crippen LogP contribution in [-0.2, 0) is 16.4 Å². The quantitative estimate of drug-likeness (QED) is 0.725. The first kappa shape index (κ1) is 18.4. The molecule has 0 aliphatic heterocycles. The fraction of sp³-hybridized carbons (Fsp3) is 0.250. The highest BCUT2D eigenvalue weighted by molar-refractivity contribution is 7.89. The summed E-state index contributed by atoms with van der Waals surface area (Å²) in [6.45, 7) is 5.90. The number of aromatic nitrogens is 1. The van der Waals surface area contributed by atoms with Gasteiger partial charge in [-0.25, -0.2) is 13.1 Å². The Bertz CT molecular complexity index is 1130. The van der Waals surface area contributed by atoms with Crippen LogP contribution in [0.1, 0.15) is 22.3 Å². The molecule has 3 rings (SSSR count). The van der Waals surface area contributed by atoms with Crippen molar-refractivity contribution in [2.24, 2.45) is 0 Å².